The van der Waals surface area contributed by atoms with Gasteiger partial charge in [-0.1, -0.05) is 28.9 Å². The number of nitrogens with zero attached hydrogens (tertiary/aromatic N) is 2. The summed E-state index contributed by atoms with van der Waals surface area (Å²) < 4.78 is 10.8. The van der Waals surface area contributed by atoms with Gasteiger partial charge in [-0.15, -0.1) is 0 Å². The molecule has 5 nitrogen and oxygen atoms in total. The van der Waals surface area contributed by atoms with Crippen molar-refractivity contribution in [1.82, 2.24) is 10.1 Å². The molecule has 0 saturated carbocycles. The molecule has 0 amide bonds. The zero-order valence-electron chi connectivity index (χ0n) is 11.6. The molecule has 0 unspecified atom stereocenters. The lowest BCUT2D eigenvalue weighted by molar-refractivity contribution is 0.274. The van der Waals surface area contributed by atoms with Gasteiger partial charge >= 0.3 is 0 Å². The largest absolute Gasteiger partial charge is 0.485 e. The summed E-state index contributed by atoms with van der Waals surface area (Å²) in [5.41, 5.74) is 1.58. The van der Waals surface area contributed by atoms with E-state index in [9.17, 15) is 0 Å². The van der Waals surface area contributed by atoms with Crippen molar-refractivity contribution in [2.75, 3.05) is 0 Å². The van der Waals surface area contributed by atoms with Gasteiger partial charge in [-0.25, -0.2) is 0 Å². The van der Waals surface area contributed by atoms with E-state index < -0.39 is 0 Å². The van der Waals surface area contributed by atoms with Gasteiger partial charge in [0, 0.05) is 10.6 Å². The third kappa shape index (κ3) is 3.44. The molecule has 0 aliphatic heterocycles. The molecule has 1 heterocycles. The minimum Gasteiger partial charge on any atom is -0.485 e. The number of halogens is 1. The Kier molecular flexibility index (Phi) is 4.37. The van der Waals surface area contributed by atoms with Crippen LogP contribution in [0.1, 0.15) is 11.4 Å². The third-order valence-electron chi connectivity index (χ3n) is 3.01. The maximum absolute atomic E-state index is 9.09. The fraction of sp³-hybridized carbons (Fsp3) is 0.125. The number of benzene rings is 2. The lowest BCUT2D eigenvalue weighted by Gasteiger charge is -2.04. The molecule has 112 valence electrons. The van der Waals surface area contributed by atoms with Gasteiger partial charge in [0.25, 0.3) is 5.89 Å². The standard InChI is InChI=1S/C16H13ClN2O3/c17-13-6-4-12(5-7-13)16-18-15(19-22-16)10-21-14-3-1-2-11(8-14)9-20/h1-8,20H,9-10H2. The first kappa shape index (κ1) is 14.6. The predicted octanol–water partition coefficient (Wildman–Crippen LogP) is 3.46. The highest BCUT2D eigenvalue weighted by Crippen LogP contribution is 2.20. The first-order chi connectivity index (χ1) is 10.7. The van der Waals surface area contributed by atoms with Gasteiger partial charge in [0.15, 0.2) is 6.61 Å². The molecule has 1 N–H and O–H groups in total. The van der Waals surface area contributed by atoms with Gasteiger partial charge in [-0.3, -0.25) is 0 Å². The minimum atomic E-state index is -0.0277. The van der Waals surface area contributed by atoms with Crippen molar-refractivity contribution in [3.8, 4) is 17.2 Å². The van der Waals surface area contributed by atoms with Crippen LogP contribution in [-0.2, 0) is 13.2 Å². The molecular weight excluding hydrogens is 304 g/mol. The Bertz CT molecular complexity index is 756. The summed E-state index contributed by atoms with van der Waals surface area (Å²) in [5, 5.41) is 13.6. The van der Waals surface area contributed by atoms with Gasteiger partial charge in [-0.2, -0.15) is 4.98 Å². The van der Waals surface area contributed by atoms with Gasteiger partial charge in [-0.05, 0) is 42.0 Å². The van der Waals surface area contributed by atoms with Crippen LogP contribution in [0.2, 0.25) is 5.02 Å². The summed E-state index contributed by atoms with van der Waals surface area (Å²) >= 11 is 5.84. The van der Waals surface area contributed by atoms with Gasteiger partial charge in [0.1, 0.15) is 5.75 Å². The SMILES string of the molecule is OCc1cccc(OCc2noc(-c3ccc(Cl)cc3)n2)c1. The maximum atomic E-state index is 9.09. The lowest BCUT2D eigenvalue weighted by atomic mass is 10.2. The fourth-order valence-electron chi connectivity index (χ4n) is 1.90. The molecule has 0 saturated heterocycles. The van der Waals surface area contributed by atoms with E-state index >= 15 is 0 Å². The first-order valence-electron chi connectivity index (χ1n) is 6.66. The van der Waals surface area contributed by atoms with E-state index in [0.717, 1.165) is 11.1 Å². The number of rotatable bonds is 5. The molecule has 0 radical (unpaired) electrons. The Labute approximate surface area is 132 Å². The van der Waals surface area contributed by atoms with Crippen LogP contribution in [0.25, 0.3) is 11.5 Å². The second-order valence-corrected chi connectivity index (χ2v) is 5.05. The zero-order chi connectivity index (χ0) is 15.4. The normalized spacial score (nSPS) is 10.6. The molecule has 1 aromatic heterocycles. The molecule has 0 aliphatic rings. The molecule has 0 fully saturated rings. The van der Waals surface area contributed by atoms with E-state index in [1.54, 1.807) is 24.3 Å². The van der Waals surface area contributed by atoms with Crippen molar-refractivity contribution in [3.05, 3.63) is 64.9 Å². The molecule has 6 heteroatoms. The molecule has 2 aromatic carbocycles. The van der Waals surface area contributed by atoms with Crippen molar-refractivity contribution in [3.63, 3.8) is 0 Å². The summed E-state index contributed by atoms with van der Waals surface area (Å²) in [5.74, 6) is 1.50. The maximum Gasteiger partial charge on any atom is 0.258 e. The number of hydrogen-bond acceptors (Lipinski definition) is 5. The molecule has 3 aromatic rings. The molecular formula is C16H13ClN2O3. The Morgan fingerprint density at radius 1 is 1.14 bits per heavy atom. The lowest BCUT2D eigenvalue weighted by Crippen LogP contribution is -1.98. The van der Waals surface area contributed by atoms with Crippen LogP contribution in [0, 0.1) is 0 Å². The monoisotopic (exact) mass is 316 g/mol. The summed E-state index contributed by atoms with van der Waals surface area (Å²) in [6, 6.07) is 14.3. The average molecular weight is 317 g/mol. The van der Waals surface area contributed by atoms with Gasteiger partial charge in [0.2, 0.25) is 5.82 Å². The Hall–Kier alpha value is -2.37. The number of aromatic nitrogens is 2. The van der Waals surface area contributed by atoms with Crippen molar-refractivity contribution < 1.29 is 14.4 Å². The van der Waals surface area contributed by atoms with Crippen molar-refractivity contribution in [2.24, 2.45) is 0 Å². The van der Waals surface area contributed by atoms with Crippen molar-refractivity contribution in [2.45, 2.75) is 13.2 Å². The number of ether oxygens (including phenoxy) is 1. The summed E-state index contributed by atoms with van der Waals surface area (Å²) in [7, 11) is 0. The van der Waals surface area contributed by atoms with E-state index in [1.807, 2.05) is 24.3 Å². The molecule has 0 bridgehead atoms. The Morgan fingerprint density at radius 3 is 2.73 bits per heavy atom. The third-order valence-corrected chi connectivity index (χ3v) is 3.26. The van der Waals surface area contributed by atoms with E-state index in [1.165, 1.54) is 0 Å². The van der Waals surface area contributed by atoms with Gasteiger partial charge in [0.05, 0.1) is 6.61 Å². The minimum absolute atomic E-state index is 0.0277. The topological polar surface area (TPSA) is 68.4 Å². The van der Waals surface area contributed by atoms with E-state index in [2.05, 4.69) is 10.1 Å². The quantitative estimate of drug-likeness (QED) is 0.780. The van der Waals surface area contributed by atoms with Crippen LogP contribution >= 0.6 is 11.6 Å². The number of aliphatic hydroxyl groups excluding tert-OH is 1. The van der Waals surface area contributed by atoms with Crippen LogP contribution in [0.3, 0.4) is 0 Å². The van der Waals surface area contributed by atoms with E-state index in [0.29, 0.717) is 22.5 Å². The van der Waals surface area contributed by atoms with Crippen molar-refractivity contribution in [1.29, 1.82) is 0 Å². The number of hydrogen-bond donors (Lipinski definition) is 1. The van der Waals surface area contributed by atoms with Crippen LogP contribution in [0.4, 0.5) is 0 Å². The molecule has 3 rings (SSSR count). The highest BCUT2D eigenvalue weighted by Gasteiger charge is 2.09. The van der Waals surface area contributed by atoms with Crippen LogP contribution in [0.5, 0.6) is 5.75 Å². The van der Waals surface area contributed by atoms with E-state index in [-0.39, 0.29) is 13.2 Å². The highest BCUT2D eigenvalue weighted by atomic mass is 35.5. The molecule has 0 aliphatic carbocycles. The second-order valence-electron chi connectivity index (χ2n) is 4.62. The summed E-state index contributed by atoms with van der Waals surface area (Å²) in [6.07, 6.45) is 0. The Morgan fingerprint density at radius 2 is 1.95 bits per heavy atom. The molecule has 0 spiro atoms. The molecule has 0 atom stereocenters. The number of aliphatic hydroxyl groups is 1. The summed E-state index contributed by atoms with van der Waals surface area (Å²) in [6.45, 7) is 0.159. The second kappa shape index (κ2) is 6.60. The summed E-state index contributed by atoms with van der Waals surface area (Å²) in [4.78, 5) is 4.27. The Balaban J connectivity index is 1.67. The molecule has 22 heavy (non-hydrogen) atoms. The van der Waals surface area contributed by atoms with Gasteiger partial charge < -0.3 is 14.4 Å². The smallest absolute Gasteiger partial charge is 0.258 e. The van der Waals surface area contributed by atoms with Crippen LogP contribution in [0.15, 0.2) is 53.1 Å². The van der Waals surface area contributed by atoms with Crippen LogP contribution in [-0.4, -0.2) is 15.2 Å². The van der Waals surface area contributed by atoms with Crippen LogP contribution < -0.4 is 4.74 Å². The van der Waals surface area contributed by atoms with E-state index in [4.69, 9.17) is 26.0 Å². The fourth-order valence-corrected chi connectivity index (χ4v) is 2.03. The first-order valence-corrected chi connectivity index (χ1v) is 7.03. The van der Waals surface area contributed by atoms with Crippen molar-refractivity contribution >= 4 is 11.6 Å². The predicted molar refractivity (Wildman–Crippen MR) is 81.4 cm³/mol. The highest BCUT2D eigenvalue weighted by molar-refractivity contribution is 6.30. The average Bonchev–Trinajstić information content (AvgIpc) is 3.03. The zero-order valence-corrected chi connectivity index (χ0v) is 12.3.